The van der Waals surface area contributed by atoms with Crippen molar-refractivity contribution < 1.29 is 8.42 Å². The molecule has 0 atom stereocenters. The maximum atomic E-state index is 12.4. The van der Waals surface area contributed by atoms with Crippen LogP contribution in [0, 0.1) is 5.92 Å². The predicted octanol–water partition coefficient (Wildman–Crippen LogP) is 1.67. The highest BCUT2D eigenvalue weighted by molar-refractivity contribution is 7.86. The van der Waals surface area contributed by atoms with E-state index in [0.717, 1.165) is 45.2 Å². The van der Waals surface area contributed by atoms with Crippen molar-refractivity contribution in [3.8, 4) is 0 Å². The molecule has 1 aliphatic heterocycles. The Morgan fingerprint density at radius 3 is 2.40 bits per heavy atom. The van der Waals surface area contributed by atoms with Crippen LogP contribution >= 0.6 is 0 Å². The average molecular weight is 305 g/mol. The zero-order valence-corrected chi connectivity index (χ0v) is 14.1. The minimum atomic E-state index is -3.24. The van der Waals surface area contributed by atoms with Crippen LogP contribution in [0.4, 0.5) is 0 Å². The first-order chi connectivity index (χ1) is 9.52. The molecule has 0 aromatic carbocycles. The number of nitrogens with zero attached hydrogens (tertiary/aromatic N) is 2. The van der Waals surface area contributed by atoms with Crippen LogP contribution in [-0.4, -0.2) is 56.8 Å². The predicted molar refractivity (Wildman–Crippen MR) is 83.9 cm³/mol. The fourth-order valence-electron chi connectivity index (χ4n) is 2.59. The molecular formula is C14H31N3O2S. The molecule has 5 nitrogen and oxygen atoms in total. The van der Waals surface area contributed by atoms with Crippen molar-refractivity contribution in [3.63, 3.8) is 0 Å². The minimum absolute atomic E-state index is 0.617. The Balaban J connectivity index is 2.41. The summed E-state index contributed by atoms with van der Waals surface area (Å²) < 4.78 is 28.0. The van der Waals surface area contributed by atoms with Crippen molar-refractivity contribution in [2.24, 2.45) is 5.92 Å². The van der Waals surface area contributed by atoms with Crippen molar-refractivity contribution >= 4 is 10.2 Å². The molecule has 1 saturated heterocycles. The monoisotopic (exact) mass is 305 g/mol. The lowest BCUT2D eigenvalue weighted by atomic mass is 9.98. The second-order valence-electron chi connectivity index (χ2n) is 5.69. The summed E-state index contributed by atoms with van der Waals surface area (Å²) in [5.41, 5.74) is 0. The molecule has 6 heteroatoms. The van der Waals surface area contributed by atoms with Crippen LogP contribution in [0.5, 0.6) is 0 Å². The SMILES string of the molecule is CCCCCN(C)S(=O)(=O)N1CCC(CNCC)CC1. The Kier molecular flexibility index (Phi) is 8.02. The smallest absolute Gasteiger partial charge is 0.281 e. The van der Waals surface area contributed by atoms with Gasteiger partial charge in [0.1, 0.15) is 0 Å². The van der Waals surface area contributed by atoms with Crippen LogP contribution in [0.15, 0.2) is 0 Å². The third-order valence-corrected chi connectivity index (χ3v) is 6.04. The van der Waals surface area contributed by atoms with Gasteiger partial charge in [-0.3, -0.25) is 0 Å². The van der Waals surface area contributed by atoms with E-state index in [9.17, 15) is 8.42 Å². The average Bonchev–Trinajstić information content (AvgIpc) is 2.45. The lowest BCUT2D eigenvalue weighted by Crippen LogP contribution is -2.47. The van der Waals surface area contributed by atoms with Gasteiger partial charge in [0.05, 0.1) is 0 Å². The molecule has 0 radical (unpaired) electrons. The number of hydrogen-bond acceptors (Lipinski definition) is 3. The Labute approximate surface area is 124 Å². The molecule has 0 aliphatic carbocycles. The Hall–Kier alpha value is -0.170. The molecule has 1 heterocycles. The minimum Gasteiger partial charge on any atom is -0.317 e. The molecule has 0 aromatic heterocycles. The van der Waals surface area contributed by atoms with Gasteiger partial charge in [-0.25, -0.2) is 0 Å². The first kappa shape index (κ1) is 17.9. The topological polar surface area (TPSA) is 52.7 Å². The molecule has 20 heavy (non-hydrogen) atoms. The van der Waals surface area contributed by atoms with Gasteiger partial charge in [0.2, 0.25) is 0 Å². The van der Waals surface area contributed by atoms with Crippen LogP contribution in [0.25, 0.3) is 0 Å². The molecule has 1 aliphatic rings. The Morgan fingerprint density at radius 1 is 1.20 bits per heavy atom. The fourth-order valence-corrected chi connectivity index (χ4v) is 4.02. The van der Waals surface area contributed by atoms with E-state index in [4.69, 9.17) is 0 Å². The summed E-state index contributed by atoms with van der Waals surface area (Å²) in [7, 11) is -1.54. The van der Waals surface area contributed by atoms with E-state index in [1.807, 2.05) is 0 Å². The highest BCUT2D eigenvalue weighted by Crippen LogP contribution is 2.20. The second kappa shape index (κ2) is 8.97. The van der Waals surface area contributed by atoms with E-state index < -0.39 is 10.2 Å². The van der Waals surface area contributed by atoms with E-state index in [1.165, 1.54) is 4.31 Å². The zero-order chi connectivity index (χ0) is 15.0. The molecule has 0 bridgehead atoms. The van der Waals surface area contributed by atoms with E-state index in [1.54, 1.807) is 11.4 Å². The summed E-state index contributed by atoms with van der Waals surface area (Å²) in [6, 6.07) is 0. The van der Waals surface area contributed by atoms with E-state index in [0.29, 0.717) is 25.6 Å². The van der Waals surface area contributed by atoms with Crippen molar-refractivity contribution in [1.82, 2.24) is 13.9 Å². The highest BCUT2D eigenvalue weighted by atomic mass is 32.2. The van der Waals surface area contributed by atoms with Crippen LogP contribution < -0.4 is 5.32 Å². The third-order valence-electron chi connectivity index (χ3n) is 4.05. The molecule has 0 aromatic rings. The van der Waals surface area contributed by atoms with Crippen LogP contribution in [-0.2, 0) is 10.2 Å². The number of piperidine rings is 1. The van der Waals surface area contributed by atoms with Crippen LogP contribution in [0.1, 0.15) is 46.0 Å². The summed E-state index contributed by atoms with van der Waals surface area (Å²) in [6.45, 7) is 8.18. The van der Waals surface area contributed by atoms with Gasteiger partial charge in [0, 0.05) is 26.7 Å². The van der Waals surface area contributed by atoms with Crippen molar-refractivity contribution in [2.45, 2.75) is 46.0 Å². The zero-order valence-electron chi connectivity index (χ0n) is 13.3. The maximum Gasteiger partial charge on any atom is 0.281 e. The summed E-state index contributed by atoms with van der Waals surface area (Å²) in [5.74, 6) is 0.617. The van der Waals surface area contributed by atoms with E-state index >= 15 is 0 Å². The van der Waals surface area contributed by atoms with Gasteiger partial charge >= 0.3 is 0 Å². The number of rotatable bonds is 9. The van der Waals surface area contributed by atoms with Gasteiger partial charge in [-0.2, -0.15) is 17.0 Å². The molecule has 1 rings (SSSR count). The Bertz CT molecular complexity index is 351. The Morgan fingerprint density at radius 2 is 1.85 bits per heavy atom. The number of unbranched alkanes of at least 4 members (excludes halogenated alkanes) is 2. The summed E-state index contributed by atoms with van der Waals surface area (Å²) in [5, 5.41) is 3.35. The summed E-state index contributed by atoms with van der Waals surface area (Å²) in [4.78, 5) is 0. The number of nitrogens with one attached hydrogen (secondary N) is 1. The summed E-state index contributed by atoms with van der Waals surface area (Å²) in [6.07, 6.45) is 5.08. The van der Waals surface area contributed by atoms with Gasteiger partial charge in [-0.1, -0.05) is 26.7 Å². The third kappa shape index (κ3) is 5.31. The molecule has 0 saturated carbocycles. The quantitative estimate of drug-likeness (QED) is 0.659. The largest absolute Gasteiger partial charge is 0.317 e. The first-order valence-corrected chi connectivity index (χ1v) is 9.34. The normalized spacial score (nSPS) is 18.8. The molecule has 0 unspecified atom stereocenters. The molecule has 0 spiro atoms. The molecule has 0 amide bonds. The van der Waals surface area contributed by atoms with Crippen LogP contribution in [0.2, 0.25) is 0 Å². The highest BCUT2D eigenvalue weighted by Gasteiger charge is 2.30. The lowest BCUT2D eigenvalue weighted by molar-refractivity contribution is 0.254. The van der Waals surface area contributed by atoms with Crippen molar-refractivity contribution in [1.29, 1.82) is 0 Å². The molecular weight excluding hydrogens is 274 g/mol. The maximum absolute atomic E-state index is 12.4. The van der Waals surface area contributed by atoms with Crippen molar-refractivity contribution in [3.05, 3.63) is 0 Å². The lowest BCUT2D eigenvalue weighted by Gasteiger charge is -2.33. The molecule has 1 N–H and O–H groups in total. The van der Waals surface area contributed by atoms with Gasteiger partial charge in [0.25, 0.3) is 10.2 Å². The molecule has 1 fully saturated rings. The summed E-state index contributed by atoms with van der Waals surface area (Å²) >= 11 is 0. The van der Waals surface area contributed by atoms with Crippen LogP contribution in [0.3, 0.4) is 0 Å². The van der Waals surface area contributed by atoms with Gasteiger partial charge in [-0.05, 0) is 38.3 Å². The van der Waals surface area contributed by atoms with E-state index in [2.05, 4.69) is 19.2 Å². The fraction of sp³-hybridized carbons (Fsp3) is 1.00. The van der Waals surface area contributed by atoms with E-state index in [-0.39, 0.29) is 0 Å². The standard InChI is InChI=1S/C14H31N3O2S/c1-4-6-7-10-16(3)20(18,19)17-11-8-14(9-12-17)13-15-5-2/h14-15H,4-13H2,1-3H3. The van der Waals surface area contributed by atoms with Gasteiger partial charge in [-0.15, -0.1) is 0 Å². The second-order valence-corrected chi connectivity index (χ2v) is 7.72. The van der Waals surface area contributed by atoms with Gasteiger partial charge in [0.15, 0.2) is 0 Å². The first-order valence-electron chi connectivity index (χ1n) is 7.94. The van der Waals surface area contributed by atoms with Crippen molar-refractivity contribution in [2.75, 3.05) is 39.8 Å². The number of hydrogen-bond donors (Lipinski definition) is 1. The molecule has 120 valence electrons. The van der Waals surface area contributed by atoms with Gasteiger partial charge < -0.3 is 5.32 Å².